The van der Waals surface area contributed by atoms with Crippen LogP contribution >= 0.6 is 0 Å². The maximum absolute atomic E-state index is 9.55. The Morgan fingerprint density at radius 1 is 1.19 bits per heavy atom. The van der Waals surface area contributed by atoms with Gasteiger partial charge in [0.05, 0.1) is 24.7 Å². The van der Waals surface area contributed by atoms with Crippen molar-refractivity contribution in [3.05, 3.63) is 30.6 Å². The summed E-state index contributed by atoms with van der Waals surface area (Å²) in [6.07, 6.45) is 8.24. The fraction of sp³-hybridized carbons (Fsp3) is 0.500. The van der Waals surface area contributed by atoms with Crippen molar-refractivity contribution in [3.63, 3.8) is 0 Å². The van der Waals surface area contributed by atoms with Crippen LogP contribution in [0, 0.1) is 0 Å². The lowest BCUT2D eigenvalue weighted by Crippen LogP contribution is -2.33. The second kappa shape index (κ2) is 12.7. The number of aliphatic carboxylic acids is 2. The van der Waals surface area contributed by atoms with Crippen molar-refractivity contribution >= 4 is 17.6 Å². The Balaban J connectivity index is 0.000000359. The quantitative estimate of drug-likeness (QED) is 0.654. The van der Waals surface area contributed by atoms with E-state index in [1.807, 2.05) is 6.20 Å². The van der Waals surface area contributed by atoms with Gasteiger partial charge in [-0.25, -0.2) is 9.59 Å². The van der Waals surface area contributed by atoms with Crippen LogP contribution in [0.4, 0.5) is 5.69 Å². The van der Waals surface area contributed by atoms with E-state index in [-0.39, 0.29) is 0 Å². The largest absolute Gasteiger partial charge is 0.492 e. The first-order chi connectivity index (χ1) is 12.5. The summed E-state index contributed by atoms with van der Waals surface area (Å²) >= 11 is 0. The van der Waals surface area contributed by atoms with E-state index < -0.39 is 11.9 Å². The van der Waals surface area contributed by atoms with Gasteiger partial charge in [0.1, 0.15) is 5.75 Å². The van der Waals surface area contributed by atoms with E-state index in [9.17, 15) is 9.59 Å². The van der Waals surface area contributed by atoms with Gasteiger partial charge >= 0.3 is 11.9 Å². The van der Waals surface area contributed by atoms with Crippen LogP contribution < -0.4 is 15.0 Å². The highest BCUT2D eigenvalue weighted by molar-refractivity contribution is 5.89. The molecule has 0 spiro atoms. The molecule has 0 aromatic carbocycles. The molecule has 8 heteroatoms. The van der Waals surface area contributed by atoms with Crippen molar-refractivity contribution in [3.8, 4) is 5.75 Å². The van der Waals surface area contributed by atoms with E-state index in [1.54, 1.807) is 6.20 Å². The minimum absolute atomic E-state index is 0.558. The average Bonchev–Trinajstić information content (AvgIpc) is 2.59. The molecular formula is C18H27N3O5. The molecule has 8 nitrogen and oxygen atoms in total. The summed E-state index contributed by atoms with van der Waals surface area (Å²) in [4.78, 5) is 25.8. The first-order valence-corrected chi connectivity index (χ1v) is 8.70. The van der Waals surface area contributed by atoms with Crippen LogP contribution in [0.1, 0.15) is 26.2 Å². The molecule has 1 saturated heterocycles. The van der Waals surface area contributed by atoms with Gasteiger partial charge in [-0.05, 0) is 32.4 Å². The molecule has 0 aliphatic carbocycles. The highest BCUT2D eigenvalue weighted by Gasteiger charge is 2.09. The summed E-state index contributed by atoms with van der Waals surface area (Å²) in [5.74, 6) is -1.63. The Hall–Kier alpha value is -2.61. The summed E-state index contributed by atoms with van der Waals surface area (Å²) in [5, 5.41) is 19.1. The number of rotatable bonds is 6. The molecule has 1 aliphatic heterocycles. The molecule has 0 bridgehead atoms. The predicted octanol–water partition coefficient (Wildman–Crippen LogP) is 1.77. The number of aromatic nitrogens is 1. The number of pyridine rings is 1. The molecule has 0 radical (unpaired) electrons. The van der Waals surface area contributed by atoms with Crippen molar-refractivity contribution in [2.45, 2.75) is 26.2 Å². The Labute approximate surface area is 153 Å². The van der Waals surface area contributed by atoms with Crippen LogP contribution in [0.3, 0.4) is 0 Å². The standard InChI is InChI=1S/C14H23N3O.C4H4O4/c1-2-9-18-14-10-13(11-16-12-14)17-7-3-5-15-6-4-8-17;5-3(6)1-2-4(7)8/h10-12,15H,2-9H2,1H3;1-2H,(H,5,6)(H,7,8)/b;2-1+. The highest BCUT2D eigenvalue weighted by atomic mass is 16.5. The van der Waals surface area contributed by atoms with Crippen molar-refractivity contribution in [2.24, 2.45) is 0 Å². The fourth-order valence-corrected chi connectivity index (χ4v) is 2.31. The number of anilines is 1. The summed E-state index contributed by atoms with van der Waals surface area (Å²) in [5.41, 5.74) is 1.19. The van der Waals surface area contributed by atoms with Crippen LogP contribution in [0.5, 0.6) is 5.75 Å². The van der Waals surface area contributed by atoms with E-state index in [0.717, 1.165) is 45.0 Å². The summed E-state index contributed by atoms with van der Waals surface area (Å²) in [6, 6.07) is 2.11. The first-order valence-electron chi connectivity index (χ1n) is 8.70. The van der Waals surface area contributed by atoms with Crippen molar-refractivity contribution < 1.29 is 24.5 Å². The summed E-state index contributed by atoms with van der Waals surface area (Å²) in [6.45, 7) is 7.27. The molecule has 0 saturated carbocycles. The number of hydrogen-bond donors (Lipinski definition) is 3. The van der Waals surface area contributed by atoms with Crippen molar-refractivity contribution in [1.29, 1.82) is 0 Å². The first kappa shape index (κ1) is 21.4. The number of ether oxygens (including phenoxy) is 1. The molecule has 0 unspecified atom stereocenters. The normalized spacial score (nSPS) is 14.7. The molecule has 1 fully saturated rings. The minimum atomic E-state index is -1.26. The van der Waals surface area contributed by atoms with Crippen LogP contribution in [-0.2, 0) is 9.59 Å². The van der Waals surface area contributed by atoms with Gasteiger partial charge in [-0.2, -0.15) is 0 Å². The van der Waals surface area contributed by atoms with Gasteiger partial charge in [0, 0.05) is 31.3 Å². The lowest BCUT2D eigenvalue weighted by molar-refractivity contribution is -0.134. The van der Waals surface area contributed by atoms with Gasteiger partial charge in [-0.15, -0.1) is 0 Å². The van der Waals surface area contributed by atoms with Crippen LogP contribution in [-0.4, -0.2) is 59.9 Å². The van der Waals surface area contributed by atoms with Gasteiger partial charge < -0.3 is 25.2 Å². The molecular weight excluding hydrogens is 338 g/mol. The third kappa shape index (κ3) is 9.63. The van der Waals surface area contributed by atoms with Gasteiger partial charge in [0.25, 0.3) is 0 Å². The van der Waals surface area contributed by atoms with Crippen LogP contribution in [0.25, 0.3) is 0 Å². The van der Waals surface area contributed by atoms with E-state index in [0.29, 0.717) is 12.2 Å². The third-order valence-corrected chi connectivity index (χ3v) is 3.47. The number of carbonyl (C=O) groups is 2. The predicted molar refractivity (Wildman–Crippen MR) is 98.8 cm³/mol. The summed E-state index contributed by atoms with van der Waals surface area (Å²) < 4.78 is 5.64. The zero-order valence-corrected chi connectivity index (χ0v) is 15.1. The lowest BCUT2D eigenvalue weighted by atomic mass is 10.2. The molecule has 0 amide bonds. The van der Waals surface area contributed by atoms with E-state index in [1.165, 1.54) is 18.5 Å². The second-order valence-corrected chi connectivity index (χ2v) is 5.68. The molecule has 144 valence electrons. The molecule has 0 atom stereocenters. The van der Waals surface area contributed by atoms with E-state index >= 15 is 0 Å². The number of carboxylic acids is 2. The molecule has 3 N–H and O–H groups in total. The molecule has 1 aromatic rings. The fourth-order valence-electron chi connectivity index (χ4n) is 2.31. The minimum Gasteiger partial charge on any atom is -0.492 e. The third-order valence-electron chi connectivity index (χ3n) is 3.47. The number of carboxylic acid groups (broad SMARTS) is 2. The molecule has 1 aromatic heterocycles. The van der Waals surface area contributed by atoms with Crippen LogP contribution in [0.15, 0.2) is 30.6 Å². The van der Waals surface area contributed by atoms with E-state index in [2.05, 4.69) is 28.2 Å². The van der Waals surface area contributed by atoms with E-state index in [4.69, 9.17) is 14.9 Å². The van der Waals surface area contributed by atoms with Crippen LogP contribution in [0.2, 0.25) is 0 Å². The van der Waals surface area contributed by atoms with Gasteiger partial charge in [-0.1, -0.05) is 6.92 Å². The maximum Gasteiger partial charge on any atom is 0.328 e. The van der Waals surface area contributed by atoms with Crippen molar-refractivity contribution in [1.82, 2.24) is 10.3 Å². The van der Waals surface area contributed by atoms with Crippen molar-refractivity contribution in [2.75, 3.05) is 37.7 Å². The highest BCUT2D eigenvalue weighted by Crippen LogP contribution is 2.20. The molecule has 1 aliphatic rings. The zero-order chi connectivity index (χ0) is 19.2. The monoisotopic (exact) mass is 365 g/mol. The Bertz CT molecular complexity index is 568. The number of nitrogens with one attached hydrogen (secondary N) is 1. The van der Waals surface area contributed by atoms with Gasteiger partial charge in [0.2, 0.25) is 0 Å². The maximum atomic E-state index is 9.55. The topological polar surface area (TPSA) is 112 Å². The van der Waals surface area contributed by atoms with Gasteiger partial charge in [0.15, 0.2) is 0 Å². The van der Waals surface area contributed by atoms with Gasteiger partial charge in [-0.3, -0.25) is 4.98 Å². The Kier molecular flexibility index (Phi) is 10.5. The zero-order valence-electron chi connectivity index (χ0n) is 15.1. The second-order valence-electron chi connectivity index (χ2n) is 5.68. The Morgan fingerprint density at radius 2 is 1.81 bits per heavy atom. The summed E-state index contributed by atoms with van der Waals surface area (Å²) in [7, 11) is 0. The SMILES string of the molecule is CCCOc1cncc(N2CCCNCCC2)c1.O=C(O)/C=C/C(=O)O. The molecule has 2 heterocycles. The lowest BCUT2D eigenvalue weighted by Gasteiger charge is -2.27. The average molecular weight is 365 g/mol. The smallest absolute Gasteiger partial charge is 0.328 e. The Morgan fingerprint density at radius 3 is 2.35 bits per heavy atom. The number of hydrogen-bond acceptors (Lipinski definition) is 6. The molecule has 2 rings (SSSR count). The number of nitrogens with zero attached hydrogens (tertiary/aromatic N) is 2. The molecule has 26 heavy (non-hydrogen) atoms.